The molecule has 0 amide bonds. The average Bonchev–Trinajstić information content (AvgIpc) is 3.49. The summed E-state index contributed by atoms with van der Waals surface area (Å²) < 4.78 is 18.0. The third-order valence-corrected chi connectivity index (χ3v) is 7.82. The lowest BCUT2D eigenvalue weighted by molar-refractivity contribution is -0.389. The maximum atomic E-state index is 10.3. The van der Waals surface area contributed by atoms with Crippen LogP contribution in [0.15, 0.2) is 48.9 Å². The van der Waals surface area contributed by atoms with E-state index in [1.54, 1.807) is 35.2 Å². The topological polar surface area (TPSA) is 109 Å². The summed E-state index contributed by atoms with van der Waals surface area (Å²) in [4.78, 5) is 13.3. The predicted octanol–water partition coefficient (Wildman–Crippen LogP) is 6.80. The zero-order valence-electron chi connectivity index (χ0n) is 26.0. The van der Waals surface area contributed by atoms with Gasteiger partial charge in [0.2, 0.25) is 6.33 Å². The summed E-state index contributed by atoms with van der Waals surface area (Å²) in [5.74, 6) is 4.02. The maximum Gasteiger partial charge on any atom is 0.381 e. The van der Waals surface area contributed by atoms with E-state index in [-0.39, 0.29) is 12.4 Å². The van der Waals surface area contributed by atoms with E-state index < -0.39 is 10.5 Å². The second-order valence-electron chi connectivity index (χ2n) is 11.3. The Bertz CT molecular complexity index is 1260. The van der Waals surface area contributed by atoms with Gasteiger partial charge in [0.25, 0.3) is 0 Å². The first-order valence-electron chi connectivity index (χ1n) is 14.1. The highest BCUT2D eigenvalue weighted by Crippen LogP contribution is 2.32. The summed E-state index contributed by atoms with van der Waals surface area (Å²) in [6.45, 7) is 12.6. The summed E-state index contributed by atoms with van der Waals surface area (Å²) in [6.07, 6.45) is 5.83. The van der Waals surface area contributed by atoms with E-state index in [2.05, 4.69) is 63.0 Å². The van der Waals surface area contributed by atoms with E-state index in [1.165, 1.54) is 33.8 Å². The number of methoxy groups -OCH3 is 3. The van der Waals surface area contributed by atoms with E-state index in [9.17, 15) is 10.1 Å². The molecule has 0 aliphatic carbocycles. The monoisotopic (exact) mass is 569 g/mol. The van der Waals surface area contributed by atoms with Crippen LogP contribution in [0, 0.1) is 22.0 Å². The standard InChI is InChI=1S/C25H36O3.C7H11N3O3/c1-8-17(2)22-11-9-20(15-24(22)27-6)13-18(3)19(4)14-21-10-12-23(26-5)25(16-21)28-7;1-7(2,4-11)9-3-6(8-5-9)10(12)13/h9-12,15-19H,8,13-14H2,1-7H3;3,5,11H,4H2,1-2H3. The summed E-state index contributed by atoms with van der Waals surface area (Å²) >= 11 is 0. The maximum absolute atomic E-state index is 10.3. The summed E-state index contributed by atoms with van der Waals surface area (Å²) in [5.41, 5.74) is 3.37. The first kappa shape index (κ1) is 33.6. The van der Waals surface area contributed by atoms with Crippen LogP contribution < -0.4 is 14.2 Å². The Morgan fingerprint density at radius 3 is 1.93 bits per heavy atom. The largest absolute Gasteiger partial charge is 0.496 e. The summed E-state index contributed by atoms with van der Waals surface area (Å²) in [5, 5.41) is 19.3. The minimum Gasteiger partial charge on any atom is -0.496 e. The van der Waals surface area contributed by atoms with Crippen molar-refractivity contribution in [1.82, 2.24) is 9.55 Å². The van der Waals surface area contributed by atoms with Crippen LogP contribution in [0.4, 0.5) is 5.82 Å². The highest BCUT2D eigenvalue weighted by Gasteiger charge is 2.23. The van der Waals surface area contributed by atoms with E-state index in [0.717, 1.165) is 36.5 Å². The van der Waals surface area contributed by atoms with Crippen LogP contribution in [0.5, 0.6) is 17.2 Å². The lowest BCUT2D eigenvalue weighted by atomic mass is 9.84. The fraction of sp³-hybridized carbons (Fsp3) is 0.531. The zero-order chi connectivity index (χ0) is 30.7. The van der Waals surface area contributed by atoms with E-state index in [1.807, 2.05) is 6.07 Å². The van der Waals surface area contributed by atoms with Crippen molar-refractivity contribution >= 4 is 5.82 Å². The third kappa shape index (κ3) is 9.21. The molecule has 41 heavy (non-hydrogen) atoms. The lowest BCUT2D eigenvalue weighted by Gasteiger charge is -2.22. The molecular weight excluding hydrogens is 522 g/mol. The number of aliphatic hydroxyl groups excluding tert-OH is 1. The van der Waals surface area contributed by atoms with Crippen molar-refractivity contribution < 1.29 is 24.2 Å². The third-order valence-electron chi connectivity index (χ3n) is 7.82. The van der Waals surface area contributed by atoms with Crippen molar-refractivity contribution in [2.45, 2.75) is 72.3 Å². The molecule has 1 heterocycles. The minimum absolute atomic E-state index is 0.0967. The second kappa shape index (κ2) is 15.4. The van der Waals surface area contributed by atoms with Crippen molar-refractivity contribution in [3.8, 4) is 17.2 Å². The Kier molecular flexibility index (Phi) is 12.6. The predicted molar refractivity (Wildman–Crippen MR) is 162 cm³/mol. The van der Waals surface area contributed by atoms with E-state index in [4.69, 9.17) is 19.3 Å². The normalized spacial score (nSPS) is 13.4. The number of hydrogen-bond donors (Lipinski definition) is 1. The molecule has 0 saturated carbocycles. The first-order valence-corrected chi connectivity index (χ1v) is 14.1. The Balaban J connectivity index is 0.000000377. The van der Waals surface area contributed by atoms with Gasteiger partial charge < -0.3 is 34.0 Å². The van der Waals surface area contributed by atoms with Crippen molar-refractivity contribution in [3.63, 3.8) is 0 Å². The molecule has 0 spiro atoms. The molecule has 9 nitrogen and oxygen atoms in total. The molecule has 0 fully saturated rings. The Morgan fingerprint density at radius 1 is 0.927 bits per heavy atom. The van der Waals surface area contributed by atoms with Crippen LogP contribution in [0.2, 0.25) is 0 Å². The minimum atomic E-state index is -0.566. The number of hydrogen-bond acceptors (Lipinski definition) is 7. The van der Waals surface area contributed by atoms with Gasteiger partial charge in [-0.05, 0) is 95.7 Å². The Morgan fingerprint density at radius 2 is 1.46 bits per heavy atom. The van der Waals surface area contributed by atoms with Crippen molar-refractivity contribution in [2.24, 2.45) is 11.8 Å². The van der Waals surface area contributed by atoms with Gasteiger partial charge in [-0.15, -0.1) is 0 Å². The number of rotatable bonds is 13. The van der Waals surface area contributed by atoms with Crippen molar-refractivity contribution in [2.75, 3.05) is 27.9 Å². The summed E-state index contributed by atoms with van der Waals surface area (Å²) in [6, 6.07) is 12.9. The fourth-order valence-corrected chi connectivity index (χ4v) is 4.48. The van der Waals surface area contributed by atoms with Gasteiger partial charge in [0, 0.05) is 0 Å². The first-order chi connectivity index (χ1) is 19.4. The van der Waals surface area contributed by atoms with Gasteiger partial charge in [-0.25, -0.2) is 0 Å². The number of nitro groups is 1. The molecule has 0 aliphatic rings. The smallest absolute Gasteiger partial charge is 0.381 e. The molecule has 226 valence electrons. The molecule has 9 heteroatoms. The number of nitrogens with zero attached hydrogens (tertiary/aromatic N) is 3. The highest BCUT2D eigenvalue weighted by molar-refractivity contribution is 5.43. The van der Waals surface area contributed by atoms with Gasteiger partial charge in [0.15, 0.2) is 11.5 Å². The number of aliphatic hydroxyl groups is 1. The van der Waals surface area contributed by atoms with Gasteiger partial charge in [0.05, 0.1) is 33.5 Å². The van der Waals surface area contributed by atoms with Gasteiger partial charge >= 0.3 is 5.82 Å². The van der Waals surface area contributed by atoms with Gasteiger partial charge in [0.1, 0.15) is 11.9 Å². The molecule has 2 aromatic carbocycles. The molecule has 1 aromatic heterocycles. The molecule has 0 aliphatic heterocycles. The molecule has 3 rings (SSSR count). The fourth-order valence-electron chi connectivity index (χ4n) is 4.48. The SMILES string of the molecule is CC(C)(CO)n1cnc([N+](=O)[O-])c1.CCC(C)c1ccc(CC(C)C(C)Cc2ccc(OC)c(OC)c2)cc1OC. The number of aromatic nitrogens is 2. The molecule has 3 unspecified atom stereocenters. The molecule has 3 atom stereocenters. The van der Waals surface area contributed by atoms with Crippen LogP contribution in [0.1, 0.15) is 70.6 Å². The molecule has 0 bridgehead atoms. The Hall–Kier alpha value is -3.59. The highest BCUT2D eigenvalue weighted by atomic mass is 16.6. The number of benzene rings is 2. The number of ether oxygens (including phenoxy) is 3. The molecule has 1 N–H and O–H groups in total. The van der Waals surface area contributed by atoms with E-state index >= 15 is 0 Å². The zero-order valence-corrected chi connectivity index (χ0v) is 26.0. The van der Waals surface area contributed by atoms with Crippen LogP contribution in [-0.2, 0) is 18.4 Å². The van der Waals surface area contributed by atoms with Crippen LogP contribution in [0.25, 0.3) is 0 Å². The van der Waals surface area contributed by atoms with Crippen molar-refractivity contribution in [1.29, 1.82) is 0 Å². The van der Waals surface area contributed by atoms with E-state index in [0.29, 0.717) is 17.8 Å². The average molecular weight is 570 g/mol. The molecule has 0 saturated heterocycles. The van der Waals surface area contributed by atoms with Crippen LogP contribution in [0.3, 0.4) is 0 Å². The molecule has 3 aromatic rings. The summed E-state index contributed by atoms with van der Waals surface area (Å²) in [7, 11) is 5.13. The van der Waals surface area contributed by atoms with Gasteiger partial charge in [-0.1, -0.05) is 45.9 Å². The molecule has 0 radical (unpaired) electrons. The van der Waals surface area contributed by atoms with Crippen LogP contribution in [-0.4, -0.2) is 47.5 Å². The van der Waals surface area contributed by atoms with Gasteiger partial charge in [-0.3, -0.25) is 0 Å². The quantitative estimate of drug-likeness (QED) is 0.178. The molecular formula is C32H47N3O6. The van der Waals surface area contributed by atoms with Crippen LogP contribution >= 0.6 is 0 Å². The Labute approximate surface area is 244 Å². The number of imidazole rings is 1. The van der Waals surface area contributed by atoms with Gasteiger partial charge in [-0.2, -0.15) is 0 Å². The van der Waals surface area contributed by atoms with Crippen molar-refractivity contribution in [3.05, 3.63) is 75.7 Å². The lowest BCUT2D eigenvalue weighted by Crippen LogP contribution is -2.29. The second-order valence-corrected chi connectivity index (χ2v) is 11.3.